The molecule has 1 rings (SSSR count). The molecule has 0 radical (unpaired) electrons. The van der Waals surface area contributed by atoms with Crippen molar-refractivity contribution in [3.05, 3.63) is 35.4 Å². The zero-order chi connectivity index (χ0) is 12.8. The van der Waals surface area contributed by atoms with Gasteiger partial charge >= 0.3 is 0 Å². The molecule has 0 aromatic heterocycles. The largest absolute Gasteiger partial charge is 0.355 e. The Morgan fingerprint density at radius 2 is 1.88 bits per heavy atom. The molecule has 0 aliphatic rings. The Kier molecular flexibility index (Phi) is 5.03. The number of carbonyl (C=O) groups excluding carboxylic acids is 1. The third kappa shape index (κ3) is 4.11. The van der Waals surface area contributed by atoms with E-state index in [0.717, 1.165) is 0 Å². The molecule has 0 fully saturated rings. The highest BCUT2D eigenvalue weighted by Gasteiger charge is 2.14. The van der Waals surface area contributed by atoms with Crippen molar-refractivity contribution in [2.75, 3.05) is 13.1 Å². The molecule has 0 saturated heterocycles. The van der Waals surface area contributed by atoms with Gasteiger partial charge in [-0.1, -0.05) is 6.07 Å². The van der Waals surface area contributed by atoms with Crippen molar-refractivity contribution in [2.45, 2.75) is 19.9 Å². The van der Waals surface area contributed by atoms with Gasteiger partial charge in [0.15, 0.2) is 0 Å². The van der Waals surface area contributed by atoms with Crippen LogP contribution in [0, 0.1) is 11.6 Å². The SMILES string of the molecule is CC(=O)NCCNC(C)c1c(F)cccc1F. The van der Waals surface area contributed by atoms with E-state index in [-0.39, 0.29) is 11.5 Å². The van der Waals surface area contributed by atoms with Crippen LogP contribution in [-0.2, 0) is 4.79 Å². The summed E-state index contributed by atoms with van der Waals surface area (Å²) in [5, 5.41) is 5.53. The first-order valence-corrected chi connectivity index (χ1v) is 5.44. The highest BCUT2D eigenvalue weighted by Crippen LogP contribution is 2.19. The van der Waals surface area contributed by atoms with E-state index in [9.17, 15) is 13.6 Å². The topological polar surface area (TPSA) is 41.1 Å². The molecule has 94 valence electrons. The van der Waals surface area contributed by atoms with Gasteiger partial charge in [0.05, 0.1) is 0 Å². The van der Waals surface area contributed by atoms with Crippen LogP contribution in [0.2, 0.25) is 0 Å². The minimum atomic E-state index is -0.565. The van der Waals surface area contributed by atoms with Crippen LogP contribution in [0.25, 0.3) is 0 Å². The summed E-state index contributed by atoms with van der Waals surface area (Å²) in [7, 11) is 0. The molecule has 2 N–H and O–H groups in total. The maximum atomic E-state index is 13.4. The normalized spacial score (nSPS) is 12.2. The fourth-order valence-electron chi connectivity index (χ4n) is 1.55. The number of carbonyl (C=O) groups is 1. The predicted octanol–water partition coefficient (Wildman–Crippen LogP) is 1.75. The van der Waals surface area contributed by atoms with Crippen molar-refractivity contribution in [3.8, 4) is 0 Å². The average molecular weight is 242 g/mol. The zero-order valence-corrected chi connectivity index (χ0v) is 9.89. The van der Waals surface area contributed by atoms with Crippen LogP contribution < -0.4 is 10.6 Å². The van der Waals surface area contributed by atoms with E-state index in [1.165, 1.54) is 25.1 Å². The standard InChI is InChI=1S/C12H16F2N2O/c1-8(15-6-7-16-9(2)17)12-10(13)4-3-5-11(12)14/h3-5,8,15H,6-7H2,1-2H3,(H,16,17). The van der Waals surface area contributed by atoms with E-state index in [1.54, 1.807) is 6.92 Å². The molecule has 0 bridgehead atoms. The van der Waals surface area contributed by atoms with Crippen LogP contribution in [0.3, 0.4) is 0 Å². The van der Waals surface area contributed by atoms with E-state index in [1.807, 2.05) is 0 Å². The first-order valence-electron chi connectivity index (χ1n) is 5.44. The fourth-order valence-corrected chi connectivity index (χ4v) is 1.55. The molecule has 1 unspecified atom stereocenters. The van der Waals surface area contributed by atoms with E-state index >= 15 is 0 Å². The Morgan fingerprint density at radius 1 is 1.29 bits per heavy atom. The highest BCUT2D eigenvalue weighted by atomic mass is 19.1. The van der Waals surface area contributed by atoms with E-state index < -0.39 is 17.7 Å². The molecule has 0 aliphatic carbocycles. The Hall–Kier alpha value is -1.49. The van der Waals surface area contributed by atoms with Crippen molar-refractivity contribution in [3.63, 3.8) is 0 Å². The van der Waals surface area contributed by atoms with Crippen LogP contribution >= 0.6 is 0 Å². The first-order chi connectivity index (χ1) is 8.02. The molecule has 5 heteroatoms. The minimum Gasteiger partial charge on any atom is -0.355 e. The molecule has 0 heterocycles. The second kappa shape index (κ2) is 6.30. The number of amides is 1. The van der Waals surface area contributed by atoms with Gasteiger partial charge in [-0.15, -0.1) is 0 Å². The summed E-state index contributed by atoms with van der Waals surface area (Å²) in [6.07, 6.45) is 0. The monoisotopic (exact) mass is 242 g/mol. The summed E-state index contributed by atoms with van der Waals surface area (Å²) in [5.41, 5.74) is 0.0234. The lowest BCUT2D eigenvalue weighted by Gasteiger charge is -2.15. The van der Waals surface area contributed by atoms with Crippen LogP contribution in [0.4, 0.5) is 8.78 Å². The fraction of sp³-hybridized carbons (Fsp3) is 0.417. The lowest BCUT2D eigenvalue weighted by atomic mass is 10.1. The van der Waals surface area contributed by atoms with Crippen LogP contribution in [0.15, 0.2) is 18.2 Å². The number of benzene rings is 1. The number of hydrogen-bond acceptors (Lipinski definition) is 2. The van der Waals surface area contributed by atoms with Gasteiger partial charge in [-0.2, -0.15) is 0 Å². The third-order valence-corrected chi connectivity index (χ3v) is 2.38. The maximum absolute atomic E-state index is 13.4. The molecule has 1 aromatic carbocycles. The Bertz CT molecular complexity index is 376. The molecule has 3 nitrogen and oxygen atoms in total. The Balaban J connectivity index is 2.52. The van der Waals surface area contributed by atoms with Crippen LogP contribution in [0.1, 0.15) is 25.5 Å². The molecule has 1 amide bonds. The maximum Gasteiger partial charge on any atom is 0.216 e. The minimum absolute atomic E-state index is 0.0234. The van der Waals surface area contributed by atoms with Crippen molar-refractivity contribution in [1.82, 2.24) is 10.6 Å². The number of hydrogen-bond donors (Lipinski definition) is 2. The van der Waals surface area contributed by atoms with Gasteiger partial charge in [0.25, 0.3) is 0 Å². The lowest BCUT2D eigenvalue weighted by molar-refractivity contribution is -0.118. The Morgan fingerprint density at radius 3 is 2.41 bits per heavy atom. The van der Waals surface area contributed by atoms with Crippen LogP contribution in [0.5, 0.6) is 0 Å². The summed E-state index contributed by atoms with van der Waals surface area (Å²) in [6.45, 7) is 3.97. The van der Waals surface area contributed by atoms with Gasteiger partial charge in [0.2, 0.25) is 5.91 Å². The summed E-state index contributed by atoms with van der Waals surface area (Å²) >= 11 is 0. The summed E-state index contributed by atoms with van der Waals surface area (Å²) < 4.78 is 26.8. The van der Waals surface area contributed by atoms with Crippen molar-refractivity contribution >= 4 is 5.91 Å². The summed E-state index contributed by atoms with van der Waals surface area (Å²) in [5.74, 6) is -1.26. The molecule has 1 aromatic rings. The second-order valence-corrected chi connectivity index (χ2v) is 3.79. The van der Waals surface area contributed by atoms with Gasteiger partial charge in [-0.3, -0.25) is 4.79 Å². The van der Waals surface area contributed by atoms with Crippen molar-refractivity contribution in [2.24, 2.45) is 0 Å². The number of nitrogens with one attached hydrogen (secondary N) is 2. The Labute approximate surface area is 99.2 Å². The highest BCUT2D eigenvalue weighted by molar-refractivity contribution is 5.72. The van der Waals surface area contributed by atoms with Crippen LogP contribution in [-0.4, -0.2) is 19.0 Å². The van der Waals surface area contributed by atoms with Gasteiger partial charge in [-0.05, 0) is 19.1 Å². The summed E-state index contributed by atoms with van der Waals surface area (Å²) in [6, 6.07) is 3.34. The first kappa shape index (κ1) is 13.6. The molecule has 0 aliphatic heterocycles. The predicted molar refractivity (Wildman–Crippen MR) is 61.5 cm³/mol. The smallest absolute Gasteiger partial charge is 0.216 e. The molecular weight excluding hydrogens is 226 g/mol. The molecule has 0 spiro atoms. The van der Waals surface area contributed by atoms with Gasteiger partial charge in [-0.25, -0.2) is 8.78 Å². The quantitative estimate of drug-likeness (QED) is 0.772. The van der Waals surface area contributed by atoms with E-state index in [4.69, 9.17) is 0 Å². The van der Waals surface area contributed by atoms with E-state index in [0.29, 0.717) is 13.1 Å². The zero-order valence-electron chi connectivity index (χ0n) is 9.89. The van der Waals surface area contributed by atoms with Gasteiger partial charge in [0.1, 0.15) is 11.6 Å². The van der Waals surface area contributed by atoms with Crippen molar-refractivity contribution < 1.29 is 13.6 Å². The molecule has 17 heavy (non-hydrogen) atoms. The molecule has 1 atom stereocenters. The third-order valence-electron chi connectivity index (χ3n) is 2.38. The molecular formula is C12H16F2N2O. The molecule has 0 saturated carbocycles. The van der Waals surface area contributed by atoms with Gasteiger partial charge < -0.3 is 10.6 Å². The van der Waals surface area contributed by atoms with E-state index in [2.05, 4.69) is 10.6 Å². The lowest BCUT2D eigenvalue weighted by Crippen LogP contribution is -2.32. The summed E-state index contributed by atoms with van der Waals surface area (Å²) in [4.78, 5) is 10.6. The van der Waals surface area contributed by atoms with Crippen molar-refractivity contribution in [1.29, 1.82) is 0 Å². The second-order valence-electron chi connectivity index (χ2n) is 3.79. The number of rotatable bonds is 5. The average Bonchev–Trinajstić information content (AvgIpc) is 2.24. The van der Waals surface area contributed by atoms with Gasteiger partial charge in [0, 0.05) is 31.6 Å². The number of halogens is 2.